The van der Waals surface area contributed by atoms with Gasteiger partial charge < -0.3 is 10.2 Å². The zero-order valence-electron chi connectivity index (χ0n) is 14.6. The Hall–Kier alpha value is -3.00. The molecule has 2 aromatic heterocycles. The van der Waals surface area contributed by atoms with Crippen LogP contribution in [0.2, 0.25) is 0 Å². The number of hydrogen-bond donors (Lipinski definition) is 1. The highest BCUT2D eigenvalue weighted by Crippen LogP contribution is 2.22. The number of carbonyl (C=O) groups excluding carboxylic acids is 2. The minimum Gasteiger partial charge on any atom is -0.350 e. The molecule has 0 aliphatic carbocycles. The molecule has 1 N–H and O–H groups in total. The Balaban J connectivity index is 1.36. The number of aromatic nitrogens is 3. The lowest BCUT2D eigenvalue weighted by molar-refractivity contribution is -0.125. The van der Waals surface area contributed by atoms with Gasteiger partial charge in [-0.15, -0.1) is 11.3 Å². The van der Waals surface area contributed by atoms with Crippen molar-refractivity contribution in [3.63, 3.8) is 0 Å². The van der Waals surface area contributed by atoms with Crippen LogP contribution in [0.25, 0.3) is 5.69 Å². The predicted molar refractivity (Wildman–Crippen MR) is 102 cm³/mol. The zero-order valence-corrected chi connectivity index (χ0v) is 15.4. The SMILES string of the molecule is O=C(NCc1ccc(-n2cncn2)cc1)[C@@H]1CCCN1C(=O)c1cccs1. The highest BCUT2D eigenvalue weighted by molar-refractivity contribution is 7.12. The van der Waals surface area contributed by atoms with Gasteiger partial charge in [0.1, 0.15) is 18.7 Å². The number of carbonyl (C=O) groups is 2. The Morgan fingerprint density at radius 3 is 2.78 bits per heavy atom. The van der Waals surface area contributed by atoms with Crippen LogP contribution in [0, 0.1) is 0 Å². The van der Waals surface area contributed by atoms with E-state index in [1.807, 2.05) is 35.7 Å². The van der Waals surface area contributed by atoms with E-state index in [0.29, 0.717) is 24.4 Å². The average Bonchev–Trinajstić information content (AvgIpc) is 3.47. The van der Waals surface area contributed by atoms with Crippen molar-refractivity contribution in [1.82, 2.24) is 25.0 Å². The summed E-state index contributed by atoms with van der Waals surface area (Å²) < 4.78 is 1.68. The van der Waals surface area contributed by atoms with Gasteiger partial charge in [-0.1, -0.05) is 18.2 Å². The van der Waals surface area contributed by atoms with Gasteiger partial charge in [-0.2, -0.15) is 5.10 Å². The van der Waals surface area contributed by atoms with Crippen molar-refractivity contribution in [1.29, 1.82) is 0 Å². The first kappa shape index (κ1) is 17.4. The Morgan fingerprint density at radius 2 is 2.07 bits per heavy atom. The van der Waals surface area contributed by atoms with Gasteiger partial charge in [0.05, 0.1) is 10.6 Å². The molecule has 1 saturated heterocycles. The smallest absolute Gasteiger partial charge is 0.264 e. The lowest BCUT2D eigenvalue weighted by Gasteiger charge is -2.23. The van der Waals surface area contributed by atoms with Gasteiger partial charge >= 0.3 is 0 Å². The van der Waals surface area contributed by atoms with Crippen molar-refractivity contribution in [3.05, 3.63) is 64.9 Å². The first-order chi connectivity index (χ1) is 13.2. The number of benzene rings is 1. The fourth-order valence-electron chi connectivity index (χ4n) is 3.24. The number of nitrogens with one attached hydrogen (secondary N) is 1. The fraction of sp³-hybridized carbons (Fsp3) is 0.263. The average molecular weight is 381 g/mol. The maximum Gasteiger partial charge on any atom is 0.264 e. The molecule has 1 aliphatic rings. The summed E-state index contributed by atoms with van der Waals surface area (Å²) in [5, 5.41) is 8.93. The van der Waals surface area contributed by atoms with Crippen molar-refractivity contribution in [2.75, 3.05) is 6.54 Å². The standard InChI is InChI=1S/C19H19N5O2S/c25-18(16-3-1-9-23(16)19(26)17-4-2-10-27-17)21-11-14-5-7-15(8-6-14)24-13-20-12-22-24/h2,4-8,10,12-13,16H,1,3,9,11H2,(H,21,25)/t16-/m0/s1. The van der Waals surface area contributed by atoms with E-state index in [1.165, 1.54) is 17.7 Å². The minimum atomic E-state index is -0.394. The molecule has 27 heavy (non-hydrogen) atoms. The Kier molecular flexibility index (Phi) is 4.97. The Labute approximate surface area is 160 Å². The van der Waals surface area contributed by atoms with E-state index in [9.17, 15) is 9.59 Å². The molecule has 0 saturated carbocycles. The van der Waals surface area contributed by atoms with E-state index in [1.54, 1.807) is 22.0 Å². The summed E-state index contributed by atoms with van der Waals surface area (Å²) in [7, 11) is 0. The second kappa shape index (κ2) is 7.71. The van der Waals surface area contributed by atoms with Crippen LogP contribution in [0.1, 0.15) is 28.1 Å². The summed E-state index contributed by atoms with van der Waals surface area (Å²) in [5.41, 5.74) is 1.90. The minimum absolute atomic E-state index is 0.0557. The number of thiophene rings is 1. The summed E-state index contributed by atoms with van der Waals surface area (Å²) in [6, 6.07) is 11.0. The predicted octanol–water partition coefficient (Wildman–Crippen LogP) is 2.25. The summed E-state index contributed by atoms with van der Waals surface area (Å²) >= 11 is 1.41. The van der Waals surface area contributed by atoms with E-state index in [2.05, 4.69) is 15.4 Å². The summed E-state index contributed by atoms with van der Waals surface area (Å²) in [4.78, 5) is 31.5. The van der Waals surface area contributed by atoms with Gasteiger partial charge in [-0.05, 0) is 42.0 Å². The maximum absolute atomic E-state index is 12.6. The van der Waals surface area contributed by atoms with E-state index in [-0.39, 0.29) is 11.8 Å². The normalized spacial score (nSPS) is 16.4. The van der Waals surface area contributed by atoms with Crippen molar-refractivity contribution in [3.8, 4) is 5.69 Å². The molecular formula is C19H19N5O2S. The molecule has 0 unspecified atom stereocenters. The van der Waals surface area contributed by atoms with E-state index < -0.39 is 6.04 Å². The van der Waals surface area contributed by atoms with Crippen LogP contribution < -0.4 is 5.32 Å². The van der Waals surface area contributed by atoms with E-state index >= 15 is 0 Å². The third kappa shape index (κ3) is 3.75. The Morgan fingerprint density at radius 1 is 1.22 bits per heavy atom. The second-order valence-electron chi connectivity index (χ2n) is 6.36. The molecule has 0 bridgehead atoms. The molecule has 8 heteroatoms. The van der Waals surface area contributed by atoms with Crippen LogP contribution >= 0.6 is 11.3 Å². The van der Waals surface area contributed by atoms with Crippen molar-refractivity contribution in [2.45, 2.75) is 25.4 Å². The van der Waals surface area contributed by atoms with Gasteiger partial charge in [-0.3, -0.25) is 9.59 Å². The first-order valence-electron chi connectivity index (χ1n) is 8.78. The third-order valence-corrected chi connectivity index (χ3v) is 5.49. The molecule has 4 rings (SSSR count). The van der Waals surface area contributed by atoms with E-state index in [0.717, 1.165) is 17.7 Å². The molecule has 1 aromatic carbocycles. The fourth-order valence-corrected chi connectivity index (χ4v) is 3.92. The molecule has 138 valence electrons. The molecular weight excluding hydrogens is 362 g/mol. The highest BCUT2D eigenvalue weighted by Gasteiger charge is 2.34. The Bertz CT molecular complexity index is 906. The van der Waals surface area contributed by atoms with E-state index in [4.69, 9.17) is 0 Å². The van der Waals surface area contributed by atoms with Crippen LogP contribution in [0.4, 0.5) is 0 Å². The number of amides is 2. The quantitative estimate of drug-likeness (QED) is 0.735. The van der Waals surface area contributed by atoms with Crippen LogP contribution in [0.3, 0.4) is 0 Å². The molecule has 2 amide bonds. The molecule has 7 nitrogen and oxygen atoms in total. The largest absolute Gasteiger partial charge is 0.350 e. The van der Waals surface area contributed by atoms with Gasteiger partial charge in [0, 0.05) is 13.1 Å². The zero-order chi connectivity index (χ0) is 18.6. The summed E-state index contributed by atoms with van der Waals surface area (Å²) in [5.74, 6) is -0.155. The third-order valence-electron chi connectivity index (χ3n) is 4.63. The van der Waals surface area contributed by atoms with Crippen LogP contribution in [0.15, 0.2) is 54.4 Å². The molecule has 0 spiro atoms. The number of likely N-dealkylation sites (tertiary alicyclic amines) is 1. The van der Waals surface area contributed by atoms with Crippen molar-refractivity contribution >= 4 is 23.2 Å². The summed E-state index contributed by atoms with van der Waals surface area (Å²) in [6.07, 6.45) is 4.67. The number of rotatable bonds is 5. The lowest BCUT2D eigenvalue weighted by atomic mass is 10.1. The van der Waals surface area contributed by atoms with Gasteiger partial charge in [0.25, 0.3) is 5.91 Å². The molecule has 0 radical (unpaired) electrons. The first-order valence-corrected chi connectivity index (χ1v) is 9.66. The monoisotopic (exact) mass is 381 g/mol. The topological polar surface area (TPSA) is 80.1 Å². The maximum atomic E-state index is 12.6. The molecule has 3 aromatic rings. The summed E-state index contributed by atoms with van der Waals surface area (Å²) in [6.45, 7) is 1.05. The van der Waals surface area contributed by atoms with Crippen LogP contribution in [0.5, 0.6) is 0 Å². The number of hydrogen-bond acceptors (Lipinski definition) is 5. The van der Waals surface area contributed by atoms with Gasteiger partial charge in [0.2, 0.25) is 5.91 Å². The number of nitrogens with zero attached hydrogens (tertiary/aromatic N) is 4. The van der Waals surface area contributed by atoms with Gasteiger partial charge in [-0.25, -0.2) is 9.67 Å². The highest BCUT2D eigenvalue weighted by atomic mass is 32.1. The molecule has 1 fully saturated rings. The van der Waals surface area contributed by atoms with Crippen molar-refractivity contribution in [2.24, 2.45) is 0 Å². The van der Waals surface area contributed by atoms with Crippen molar-refractivity contribution < 1.29 is 9.59 Å². The van der Waals surface area contributed by atoms with Gasteiger partial charge in [0.15, 0.2) is 0 Å². The lowest BCUT2D eigenvalue weighted by Crippen LogP contribution is -2.45. The van der Waals surface area contributed by atoms with Crippen LogP contribution in [-0.4, -0.2) is 44.1 Å². The molecule has 1 atom stereocenters. The van der Waals surface area contributed by atoms with Crippen LogP contribution in [-0.2, 0) is 11.3 Å². The molecule has 1 aliphatic heterocycles. The molecule has 3 heterocycles. The second-order valence-corrected chi connectivity index (χ2v) is 7.31.